The number of aromatic nitrogens is 1. The van der Waals surface area contributed by atoms with Crippen LogP contribution in [-0.2, 0) is 11.3 Å². The maximum Gasteiger partial charge on any atom is 0.190 e. The van der Waals surface area contributed by atoms with Crippen LogP contribution >= 0.6 is 11.3 Å². The third-order valence-corrected chi connectivity index (χ3v) is 6.54. The van der Waals surface area contributed by atoms with Gasteiger partial charge < -0.3 is 13.7 Å². The zero-order valence-electron chi connectivity index (χ0n) is 16.7. The Balaban J connectivity index is 1.65. The molecular weight excluding hydrogens is 380 g/mol. The van der Waals surface area contributed by atoms with Crippen LogP contribution in [0.2, 0.25) is 0 Å². The van der Waals surface area contributed by atoms with Crippen LogP contribution in [-0.4, -0.2) is 17.3 Å². The average molecular weight is 405 g/mol. The Bertz CT molecular complexity index is 1190. The molecule has 1 atom stereocenters. The molecule has 2 aromatic heterocycles. The Hall–Kier alpha value is -2.63. The van der Waals surface area contributed by atoms with Crippen molar-refractivity contribution in [1.29, 1.82) is 0 Å². The predicted octanol–water partition coefficient (Wildman–Crippen LogP) is 5.99. The van der Waals surface area contributed by atoms with Gasteiger partial charge in [0, 0.05) is 17.4 Å². The second-order valence-corrected chi connectivity index (χ2v) is 8.47. The number of hydrogen-bond donors (Lipinski definition) is 0. The van der Waals surface area contributed by atoms with Gasteiger partial charge in [0.05, 0.1) is 24.0 Å². The molecule has 0 unspecified atom stereocenters. The number of nitrogens with zero attached hydrogens (tertiary/aromatic N) is 2. The van der Waals surface area contributed by atoms with Crippen LogP contribution in [0.25, 0.3) is 22.4 Å². The molecule has 1 saturated heterocycles. The molecule has 0 spiro atoms. The van der Waals surface area contributed by atoms with Crippen molar-refractivity contribution < 1.29 is 9.15 Å². The minimum Gasteiger partial charge on any atom is -0.454 e. The molecular formula is C24H24N2O2S. The van der Waals surface area contributed by atoms with Crippen molar-refractivity contribution >= 4 is 28.0 Å². The van der Waals surface area contributed by atoms with Crippen LogP contribution < -0.4 is 4.80 Å². The zero-order valence-corrected chi connectivity index (χ0v) is 17.5. The second kappa shape index (κ2) is 7.65. The Morgan fingerprint density at radius 2 is 2.03 bits per heavy atom. The highest BCUT2D eigenvalue weighted by Gasteiger charge is 2.20. The number of fused-ring (bicyclic) bond motifs is 1. The van der Waals surface area contributed by atoms with Crippen LogP contribution in [0.15, 0.2) is 63.3 Å². The molecule has 4 nitrogen and oxygen atoms in total. The van der Waals surface area contributed by atoms with Crippen molar-refractivity contribution in [2.75, 3.05) is 6.61 Å². The van der Waals surface area contributed by atoms with Gasteiger partial charge in [-0.2, -0.15) is 0 Å². The highest BCUT2D eigenvalue weighted by Crippen LogP contribution is 2.29. The number of furan rings is 1. The van der Waals surface area contributed by atoms with Crippen molar-refractivity contribution in [2.45, 2.75) is 39.3 Å². The van der Waals surface area contributed by atoms with E-state index in [-0.39, 0.29) is 6.10 Å². The molecule has 29 heavy (non-hydrogen) atoms. The maximum absolute atomic E-state index is 6.17. The van der Waals surface area contributed by atoms with Gasteiger partial charge in [0.2, 0.25) is 0 Å². The van der Waals surface area contributed by atoms with Gasteiger partial charge in [-0.15, -0.1) is 11.3 Å². The summed E-state index contributed by atoms with van der Waals surface area (Å²) in [6.07, 6.45) is 2.44. The fourth-order valence-electron chi connectivity index (χ4n) is 3.85. The highest BCUT2D eigenvalue weighted by atomic mass is 32.1. The molecule has 0 bridgehead atoms. The number of hydrogen-bond acceptors (Lipinski definition) is 4. The lowest BCUT2D eigenvalue weighted by atomic mass is 10.1. The molecule has 2 aromatic carbocycles. The lowest BCUT2D eigenvalue weighted by Gasteiger charge is -2.13. The van der Waals surface area contributed by atoms with E-state index in [9.17, 15) is 0 Å². The number of rotatable bonds is 4. The van der Waals surface area contributed by atoms with Gasteiger partial charge in [-0.3, -0.25) is 0 Å². The van der Waals surface area contributed by atoms with Crippen LogP contribution in [0.4, 0.5) is 5.69 Å². The van der Waals surface area contributed by atoms with Gasteiger partial charge in [0.1, 0.15) is 5.58 Å². The van der Waals surface area contributed by atoms with Crippen molar-refractivity contribution in [3.05, 3.63) is 69.8 Å². The minimum atomic E-state index is 0.227. The summed E-state index contributed by atoms with van der Waals surface area (Å²) in [7, 11) is 0. The lowest BCUT2D eigenvalue weighted by molar-refractivity contribution is 0.0967. The summed E-state index contributed by atoms with van der Waals surface area (Å²) < 4.78 is 14.4. The second-order valence-electron chi connectivity index (χ2n) is 7.63. The quantitative estimate of drug-likeness (QED) is 0.419. The van der Waals surface area contributed by atoms with Crippen molar-refractivity contribution in [2.24, 2.45) is 4.99 Å². The lowest BCUT2D eigenvalue weighted by Crippen LogP contribution is -2.24. The van der Waals surface area contributed by atoms with Gasteiger partial charge >= 0.3 is 0 Å². The van der Waals surface area contributed by atoms with E-state index in [1.54, 1.807) is 11.3 Å². The first-order chi connectivity index (χ1) is 14.2. The van der Waals surface area contributed by atoms with E-state index < -0.39 is 0 Å². The minimum absolute atomic E-state index is 0.227. The van der Waals surface area contributed by atoms with Crippen LogP contribution in [0, 0.1) is 13.8 Å². The summed E-state index contributed by atoms with van der Waals surface area (Å²) in [5.41, 5.74) is 5.46. The monoisotopic (exact) mass is 404 g/mol. The van der Waals surface area contributed by atoms with Crippen molar-refractivity contribution in [3.63, 3.8) is 0 Å². The number of benzene rings is 2. The predicted molar refractivity (Wildman–Crippen MR) is 118 cm³/mol. The molecule has 4 aromatic rings. The Morgan fingerprint density at radius 1 is 1.14 bits per heavy atom. The molecule has 0 amide bonds. The largest absolute Gasteiger partial charge is 0.454 e. The summed E-state index contributed by atoms with van der Waals surface area (Å²) in [6.45, 7) is 5.90. The fourth-order valence-corrected chi connectivity index (χ4v) is 4.76. The topological polar surface area (TPSA) is 39.7 Å². The molecule has 0 radical (unpaired) electrons. The van der Waals surface area contributed by atoms with E-state index in [2.05, 4.69) is 54.1 Å². The first kappa shape index (κ1) is 18.4. The molecule has 3 heterocycles. The van der Waals surface area contributed by atoms with Gasteiger partial charge in [0.25, 0.3) is 0 Å². The van der Waals surface area contributed by atoms with Gasteiger partial charge in [-0.1, -0.05) is 30.3 Å². The molecule has 1 aliphatic heterocycles. The molecule has 1 aliphatic rings. The van der Waals surface area contributed by atoms with Crippen LogP contribution in [0.3, 0.4) is 0 Å². The molecule has 5 rings (SSSR count). The zero-order chi connectivity index (χ0) is 19.8. The Morgan fingerprint density at radius 3 is 2.86 bits per heavy atom. The molecule has 1 fully saturated rings. The fraction of sp³-hybridized carbons (Fsp3) is 0.292. The number of para-hydroxylation sites is 1. The number of ether oxygens (including phenoxy) is 1. The van der Waals surface area contributed by atoms with Gasteiger partial charge in [0.15, 0.2) is 10.6 Å². The van der Waals surface area contributed by atoms with E-state index in [1.807, 2.05) is 18.2 Å². The summed E-state index contributed by atoms with van der Waals surface area (Å²) in [4.78, 5) is 6.00. The number of aryl methyl sites for hydroxylation is 1. The molecule has 0 aliphatic carbocycles. The maximum atomic E-state index is 6.17. The first-order valence-corrected chi connectivity index (χ1v) is 11.0. The Labute approximate surface area is 174 Å². The van der Waals surface area contributed by atoms with Crippen LogP contribution in [0.1, 0.15) is 24.0 Å². The summed E-state index contributed by atoms with van der Waals surface area (Å²) in [5.74, 6) is 0.878. The number of thiazole rings is 1. The van der Waals surface area contributed by atoms with Crippen molar-refractivity contribution in [3.8, 4) is 11.5 Å². The van der Waals surface area contributed by atoms with E-state index >= 15 is 0 Å². The van der Waals surface area contributed by atoms with Crippen LogP contribution in [0.5, 0.6) is 0 Å². The van der Waals surface area contributed by atoms with Gasteiger partial charge in [-0.25, -0.2) is 4.99 Å². The molecule has 0 saturated carbocycles. The smallest absolute Gasteiger partial charge is 0.190 e. The normalized spacial score (nSPS) is 17.4. The van der Waals surface area contributed by atoms with Crippen molar-refractivity contribution in [1.82, 2.24) is 4.57 Å². The van der Waals surface area contributed by atoms with E-state index in [1.165, 1.54) is 11.1 Å². The highest BCUT2D eigenvalue weighted by molar-refractivity contribution is 7.07. The van der Waals surface area contributed by atoms with E-state index in [0.717, 1.165) is 58.9 Å². The summed E-state index contributed by atoms with van der Waals surface area (Å²) in [5, 5.41) is 3.27. The first-order valence-electron chi connectivity index (χ1n) is 10.1. The summed E-state index contributed by atoms with van der Waals surface area (Å²) in [6, 6.07) is 16.5. The molecule has 5 heteroatoms. The average Bonchev–Trinajstić information content (AvgIpc) is 3.46. The summed E-state index contributed by atoms with van der Waals surface area (Å²) >= 11 is 1.65. The SMILES string of the molecule is Cc1cccc(N=c2scc(-c3cc4ccccc4o3)n2C[C@@H]2CCCO2)c1C. The Kier molecular flexibility index (Phi) is 4.86. The standard InChI is InChI=1S/C24H24N2O2S/c1-16-7-5-10-20(17(16)2)25-24-26(14-19-9-6-12-27-19)21(15-29-24)23-13-18-8-3-4-11-22(18)28-23/h3-5,7-8,10-11,13,15,19H,6,9,12,14H2,1-2H3/t19-/m0/s1. The molecule has 148 valence electrons. The molecule has 0 N–H and O–H groups in total. The van der Waals surface area contributed by atoms with E-state index in [0.29, 0.717) is 0 Å². The van der Waals surface area contributed by atoms with E-state index in [4.69, 9.17) is 14.1 Å². The third-order valence-electron chi connectivity index (χ3n) is 5.68. The van der Waals surface area contributed by atoms with Gasteiger partial charge in [-0.05, 0) is 56.0 Å². The third kappa shape index (κ3) is 3.56.